The summed E-state index contributed by atoms with van der Waals surface area (Å²) < 4.78 is 0. The fourth-order valence-electron chi connectivity index (χ4n) is 6.40. The first-order valence-electron chi connectivity index (χ1n) is 10.8. The highest BCUT2D eigenvalue weighted by Crippen LogP contribution is 2.64. The summed E-state index contributed by atoms with van der Waals surface area (Å²) in [5.41, 5.74) is 5.71. The van der Waals surface area contributed by atoms with E-state index >= 15 is 0 Å². The molecule has 1 fully saturated rings. The first kappa shape index (κ1) is 18.5. The van der Waals surface area contributed by atoms with Gasteiger partial charge in [-0.2, -0.15) is 0 Å². The monoisotopic (exact) mass is 409 g/mol. The number of rotatable bonds is 2. The molecule has 4 nitrogen and oxygen atoms in total. The smallest absolute Gasteiger partial charge is 0.239 e. The average molecular weight is 409 g/mol. The molecule has 4 aliphatic rings. The van der Waals surface area contributed by atoms with Gasteiger partial charge in [0.05, 0.1) is 29.5 Å². The highest BCUT2D eigenvalue weighted by molar-refractivity contribution is 6.24. The van der Waals surface area contributed by atoms with Crippen molar-refractivity contribution in [3.05, 3.63) is 100 Å². The minimum Gasteiger partial charge on any atom is -0.395 e. The molecule has 1 saturated heterocycles. The number of hydrogen-bond acceptors (Lipinski definition) is 3. The van der Waals surface area contributed by atoms with E-state index in [0.717, 1.165) is 33.4 Å². The quantitative estimate of drug-likeness (QED) is 0.654. The van der Waals surface area contributed by atoms with Gasteiger partial charge < -0.3 is 5.11 Å². The summed E-state index contributed by atoms with van der Waals surface area (Å²) in [7, 11) is 0. The van der Waals surface area contributed by atoms with Crippen molar-refractivity contribution in [3.8, 4) is 0 Å². The molecule has 1 N–H and O–H groups in total. The molecular formula is C27H23NO3. The second kappa shape index (κ2) is 6.14. The Morgan fingerprint density at radius 2 is 1.48 bits per heavy atom. The molecular weight excluding hydrogens is 386 g/mol. The van der Waals surface area contributed by atoms with E-state index in [9.17, 15) is 14.7 Å². The number of nitrogens with zero attached hydrogens (tertiary/aromatic N) is 1. The molecule has 3 aliphatic carbocycles. The second-order valence-electron chi connectivity index (χ2n) is 9.09. The predicted molar refractivity (Wildman–Crippen MR) is 118 cm³/mol. The van der Waals surface area contributed by atoms with E-state index in [1.165, 1.54) is 4.90 Å². The third-order valence-corrected chi connectivity index (χ3v) is 7.65. The van der Waals surface area contributed by atoms with Crippen molar-refractivity contribution in [2.45, 2.75) is 25.2 Å². The van der Waals surface area contributed by atoms with Crippen molar-refractivity contribution in [3.63, 3.8) is 0 Å². The molecule has 2 amide bonds. The van der Waals surface area contributed by atoms with Gasteiger partial charge in [0.25, 0.3) is 0 Å². The van der Waals surface area contributed by atoms with Crippen LogP contribution in [0, 0.1) is 25.7 Å². The van der Waals surface area contributed by atoms with E-state index in [0.29, 0.717) is 5.69 Å². The molecule has 0 spiro atoms. The Hall–Kier alpha value is -3.24. The van der Waals surface area contributed by atoms with Gasteiger partial charge in [-0.05, 0) is 53.3 Å². The van der Waals surface area contributed by atoms with Crippen molar-refractivity contribution in [1.29, 1.82) is 0 Å². The number of aliphatic hydroxyl groups excluding tert-OH is 1. The Morgan fingerprint density at radius 1 is 0.871 bits per heavy atom. The van der Waals surface area contributed by atoms with Crippen molar-refractivity contribution in [2.75, 3.05) is 11.5 Å². The van der Waals surface area contributed by atoms with Gasteiger partial charge in [0, 0.05) is 5.92 Å². The summed E-state index contributed by atoms with van der Waals surface area (Å²) in [4.78, 5) is 29.3. The van der Waals surface area contributed by atoms with E-state index in [2.05, 4.69) is 12.1 Å². The van der Waals surface area contributed by atoms with Crippen LogP contribution in [0.2, 0.25) is 0 Å². The van der Waals surface area contributed by atoms with Crippen molar-refractivity contribution in [1.82, 2.24) is 0 Å². The molecule has 0 saturated carbocycles. The van der Waals surface area contributed by atoms with Crippen LogP contribution < -0.4 is 4.90 Å². The molecule has 0 radical (unpaired) electrons. The number of aryl methyl sites for hydroxylation is 2. The van der Waals surface area contributed by atoms with Gasteiger partial charge in [0.15, 0.2) is 0 Å². The number of benzene rings is 3. The topological polar surface area (TPSA) is 57.6 Å². The molecule has 154 valence electrons. The van der Waals surface area contributed by atoms with Gasteiger partial charge in [-0.15, -0.1) is 0 Å². The Bertz CT molecular complexity index is 1230. The first-order valence-corrected chi connectivity index (χ1v) is 10.8. The van der Waals surface area contributed by atoms with Crippen molar-refractivity contribution in [2.24, 2.45) is 11.8 Å². The summed E-state index contributed by atoms with van der Waals surface area (Å²) in [5.74, 6) is -1.66. The van der Waals surface area contributed by atoms with E-state index < -0.39 is 17.3 Å². The summed E-state index contributed by atoms with van der Waals surface area (Å²) in [6.07, 6.45) is 0. The largest absolute Gasteiger partial charge is 0.395 e. The summed E-state index contributed by atoms with van der Waals surface area (Å²) in [6.45, 7) is 3.68. The minimum atomic E-state index is -0.911. The molecule has 0 aromatic heterocycles. The molecule has 1 aliphatic heterocycles. The summed E-state index contributed by atoms with van der Waals surface area (Å²) in [6, 6.07) is 21.9. The van der Waals surface area contributed by atoms with Crippen LogP contribution in [-0.2, 0) is 15.0 Å². The fourth-order valence-corrected chi connectivity index (χ4v) is 6.40. The molecule has 7 rings (SSSR count). The van der Waals surface area contributed by atoms with Crippen LogP contribution in [0.5, 0.6) is 0 Å². The third-order valence-electron chi connectivity index (χ3n) is 7.65. The van der Waals surface area contributed by atoms with Gasteiger partial charge in [0.2, 0.25) is 11.8 Å². The Morgan fingerprint density at radius 3 is 2.10 bits per heavy atom. The number of aliphatic hydroxyl groups is 1. The van der Waals surface area contributed by atoms with E-state index in [4.69, 9.17) is 0 Å². The lowest BCUT2D eigenvalue weighted by Crippen LogP contribution is -2.55. The van der Waals surface area contributed by atoms with Gasteiger partial charge in [-0.25, -0.2) is 4.90 Å². The normalized spacial score (nSPS) is 27.8. The Labute approximate surface area is 181 Å². The second-order valence-corrected chi connectivity index (χ2v) is 9.09. The zero-order valence-corrected chi connectivity index (χ0v) is 17.5. The maximum atomic E-state index is 14.0. The molecule has 4 heteroatoms. The zero-order valence-electron chi connectivity index (χ0n) is 17.5. The fraction of sp³-hybridized carbons (Fsp3) is 0.259. The minimum absolute atomic E-state index is 0.157. The average Bonchev–Trinajstić information content (AvgIpc) is 3.06. The SMILES string of the molecule is Cc1ccc(C)c(N2C(=O)[C@@H]3[C@@H](C2=O)C2c4ccccc4C3(CO)c3ccccc32)c1. The van der Waals surface area contributed by atoms with Crippen LogP contribution in [-0.4, -0.2) is 23.5 Å². The maximum absolute atomic E-state index is 14.0. The Kier molecular flexibility index (Phi) is 3.67. The van der Waals surface area contributed by atoms with E-state index in [1.54, 1.807) is 0 Å². The standard InChI is InChI=1S/C27H23NO3/c1-15-11-12-16(2)21(13-15)28-25(30)23-22-17-7-3-5-9-19(17)27(14-29,24(23)26(28)31)20-10-6-4-8-18(20)22/h3-13,22-24,29H,14H2,1-2H3/t22?,23-,24-,27?/m0/s1. The number of carbonyl (C=O) groups is 2. The lowest BCUT2D eigenvalue weighted by atomic mass is 9.47. The van der Waals surface area contributed by atoms with Crippen LogP contribution in [0.15, 0.2) is 66.7 Å². The van der Waals surface area contributed by atoms with Crippen LogP contribution in [0.25, 0.3) is 0 Å². The number of anilines is 1. The molecule has 3 aromatic carbocycles. The Balaban J connectivity index is 1.65. The zero-order chi connectivity index (χ0) is 21.5. The molecule has 3 aromatic rings. The lowest BCUT2D eigenvalue weighted by molar-refractivity contribution is -0.124. The van der Waals surface area contributed by atoms with Crippen LogP contribution in [0.1, 0.15) is 39.3 Å². The first-order chi connectivity index (χ1) is 15.0. The molecule has 2 bridgehead atoms. The predicted octanol–water partition coefficient (Wildman–Crippen LogP) is 3.85. The van der Waals surface area contributed by atoms with E-state index in [-0.39, 0.29) is 24.3 Å². The van der Waals surface area contributed by atoms with Gasteiger partial charge >= 0.3 is 0 Å². The molecule has 31 heavy (non-hydrogen) atoms. The highest BCUT2D eigenvalue weighted by Gasteiger charge is 2.68. The van der Waals surface area contributed by atoms with Gasteiger partial charge in [-0.3, -0.25) is 9.59 Å². The number of hydrogen-bond donors (Lipinski definition) is 1. The summed E-state index contributed by atoms with van der Waals surface area (Å²) >= 11 is 0. The summed E-state index contributed by atoms with van der Waals surface area (Å²) in [5, 5.41) is 10.9. The molecule has 0 unspecified atom stereocenters. The molecule has 1 heterocycles. The number of imide groups is 1. The highest BCUT2D eigenvalue weighted by atomic mass is 16.3. The number of carbonyl (C=O) groups excluding carboxylic acids is 2. The van der Waals surface area contributed by atoms with E-state index in [1.807, 2.05) is 68.4 Å². The van der Waals surface area contributed by atoms with Gasteiger partial charge in [0.1, 0.15) is 0 Å². The number of amides is 2. The molecule has 2 atom stereocenters. The van der Waals surface area contributed by atoms with Crippen LogP contribution in [0.3, 0.4) is 0 Å². The van der Waals surface area contributed by atoms with Crippen LogP contribution in [0.4, 0.5) is 5.69 Å². The van der Waals surface area contributed by atoms with Gasteiger partial charge in [-0.1, -0.05) is 60.7 Å². The van der Waals surface area contributed by atoms with Crippen LogP contribution >= 0.6 is 0 Å². The lowest BCUT2D eigenvalue weighted by Gasteiger charge is -2.53. The maximum Gasteiger partial charge on any atom is 0.239 e. The van der Waals surface area contributed by atoms with Crippen molar-refractivity contribution < 1.29 is 14.7 Å². The third kappa shape index (κ3) is 2.08. The van der Waals surface area contributed by atoms with Crippen molar-refractivity contribution >= 4 is 17.5 Å².